The van der Waals surface area contributed by atoms with Crippen LogP contribution < -0.4 is 24.4 Å². The Morgan fingerprint density at radius 1 is 0.929 bits per heavy atom. The van der Waals surface area contributed by atoms with Crippen LogP contribution in [0.3, 0.4) is 0 Å². The number of carbonyl (C=O) groups is 2. The van der Waals surface area contributed by atoms with Gasteiger partial charge in [0, 0.05) is 24.2 Å². The van der Waals surface area contributed by atoms with Crippen molar-refractivity contribution in [3.63, 3.8) is 0 Å². The molecule has 9 heteroatoms. The number of nitrogens with zero attached hydrogens (tertiary/aromatic N) is 1. The van der Waals surface area contributed by atoms with Crippen molar-refractivity contribution in [1.82, 2.24) is 5.32 Å². The minimum Gasteiger partial charge on any atom is -0.496 e. The number of piperazine rings is 1. The molecule has 2 N–H and O–H groups in total. The van der Waals surface area contributed by atoms with Gasteiger partial charge >= 0.3 is 5.97 Å². The maximum Gasteiger partial charge on any atom is 0.339 e. The van der Waals surface area contributed by atoms with Crippen LogP contribution >= 0.6 is 0 Å². The summed E-state index contributed by atoms with van der Waals surface area (Å²) in [6.45, 7) is 2.03. The molecule has 0 aliphatic carbocycles. The van der Waals surface area contributed by atoms with E-state index >= 15 is 0 Å². The van der Waals surface area contributed by atoms with Gasteiger partial charge in [-0.1, -0.05) is 48.5 Å². The number of aromatic carboxylic acids is 1. The number of rotatable bonds is 13. The Morgan fingerprint density at radius 3 is 2.57 bits per heavy atom. The van der Waals surface area contributed by atoms with Crippen LogP contribution in [-0.4, -0.2) is 63.0 Å². The molecule has 4 aromatic rings. The molecular weight excluding hydrogens is 536 g/mol. The number of hydrogen-bond donors (Lipinski definition) is 2. The summed E-state index contributed by atoms with van der Waals surface area (Å²) < 4.78 is 23.0. The van der Waals surface area contributed by atoms with Gasteiger partial charge in [0.25, 0.3) is 0 Å². The monoisotopic (exact) mass is 570 g/mol. The van der Waals surface area contributed by atoms with Crippen molar-refractivity contribution < 1.29 is 33.6 Å². The number of carbonyl (C=O) groups excluding carboxylic acids is 1. The highest BCUT2D eigenvalue weighted by Crippen LogP contribution is 2.29. The molecule has 0 radical (unpaired) electrons. The van der Waals surface area contributed by atoms with E-state index in [1.54, 1.807) is 24.1 Å². The van der Waals surface area contributed by atoms with Crippen LogP contribution in [0, 0.1) is 0 Å². The van der Waals surface area contributed by atoms with Crippen LogP contribution in [-0.2, 0) is 16.1 Å². The number of ether oxygens (including phenoxy) is 4. The number of hydrogen-bond acceptors (Lipinski definition) is 7. The van der Waals surface area contributed by atoms with Crippen molar-refractivity contribution in [2.75, 3.05) is 44.9 Å². The standard InChI is InChI=1S/C33H34N2O7/c1-39-30-10-5-4-9-25(30)21-40-15-6-16-41-31-14-12-26(18-29(31)33(37)38)35-27(19-34-20-32(35)36)22-42-28-13-11-23-7-2-3-8-24(23)17-28/h2-5,7-14,17-18,27,34H,6,15-16,19-22H2,1H3,(H,37,38)/t27-/m1/s1. The molecule has 1 atom stereocenters. The Morgan fingerprint density at radius 2 is 1.74 bits per heavy atom. The third kappa shape index (κ3) is 6.99. The van der Waals surface area contributed by atoms with Gasteiger partial charge in [0.2, 0.25) is 5.91 Å². The van der Waals surface area contributed by atoms with Gasteiger partial charge < -0.3 is 34.3 Å². The van der Waals surface area contributed by atoms with Crippen molar-refractivity contribution in [2.24, 2.45) is 0 Å². The molecule has 0 bridgehead atoms. The van der Waals surface area contributed by atoms with Crippen molar-refractivity contribution >= 4 is 28.3 Å². The minimum atomic E-state index is -1.13. The molecule has 1 aliphatic rings. The fraction of sp³-hybridized carbons (Fsp3) is 0.273. The number of methoxy groups -OCH3 is 1. The first kappa shape index (κ1) is 28.9. The molecular formula is C33H34N2O7. The van der Waals surface area contributed by atoms with E-state index in [1.807, 2.05) is 66.7 Å². The van der Waals surface area contributed by atoms with E-state index in [1.165, 1.54) is 6.07 Å². The summed E-state index contributed by atoms with van der Waals surface area (Å²) in [5.74, 6) is 0.415. The maximum atomic E-state index is 13.0. The number of benzene rings is 4. The predicted octanol–water partition coefficient (Wildman–Crippen LogP) is 4.92. The average molecular weight is 571 g/mol. The van der Waals surface area contributed by atoms with Gasteiger partial charge in [0.15, 0.2) is 0 Å². The zero-order valence-electron chi connectivity index (χ0n) is 23.5. The highest BCUT2D eigenvalue weighted by molar-refractivity contribution is 5.99. The summed E-state index contributed by atoms with van der Waals surface area (Å²) in [7, 11) is 1.62. The second kappa shape index (κ2) is 13.8. The lowest BCUT2D eigenvalue weighted by atomic mass is 10.1. The van der Waals surface area contributed by atoms with Crippen LogP contribution in [0.4, 0.5) is 5.69 Å². The number of amides is 1. The lowest BCUT2D eigenvalue weighted by Crippen LogP contribution is -2.57. The molecule has 4 aromatic carbocycles. The fourth-order valence-electron chi connectivity index (χ4n) is 4.97. The lowest BCUT2D eigenvalue weighted by Gasteiger charge is -2.36. The Balaban J connectivity index is 1.20. The summed E-state index contributed by atoms with van der Waals surface area (Å²) in [5.41, 5.74) is 1.43. The molecule has 218 valence electrons. The second-order valence-corrected chi connectivity index (χ2v) is 9.92. The lowest BCUT2D eigenvalue weighted by molar-refractivity contribution is -0.119. The first-order valence-electron chi connectivity index (χ1n) is 13.9. The molecule has 5 rings (SSSR count). The van der Waals surface area contributed by atoms with Gasteiger partial charge in [-0.25, -0.2) is 4.79 Å². The number of fused-ring (bicyclic) bond motifs is 1. The molecule has 42 heavy (non-hydrogen) atoms. The van der Waals surface area contributed by atoms with E-state index in [-0.39, 0.29) is 43.0 Å². The normalized spacial score (nSPS) is 15.0. The van der Waals surface area contributed by atoms with E-state index in [4.69, 9.17) is 18.9 Å². The first-order valence-corrected chi connectivity index (χ1v) is 13.9. The third-order valence-corrected chi connectivity index (χ3v) is 7.07. The van der Waals surface area contributed by atoms with Crippen molar-refractivity contribution in [3.05, 3.63) is 96.1 Å². The highest BCUT2D eigenvalue weighted by atomic mass is 16.5. The van der Waals surface area contributed by atoms with Gasteiger partial charge in [-0.3, -0.25) is 4.79 Å². The number of para-hydroxylation sites is 1. The summed E-state index contributed by atoms with van der Waals surface area (Å²) in [4.78, 5) is 26.7. The van der Waals surface area contributed by atoms with Gasteiger partial charge in [-0.15, -0.1) is 0 Å². The van der Waals surface area contributed by atoms with Crippen LogP contribution in [0.25, 0.3) is 10.8 Å². The van der Waals surface area contributed by atoms with Crippen LogP contribution in [0.2, 0.25) is 0 Å². The molecule has 9 nitrogen and oxygen atoms in total. The highest BCUT2D eigenvalue weighted by Gasteiger charge is 2.31. The Kier molecular flexibility index (Phi) is 9.53. The summed E-state index contributed by atoms with van der Waals surface area (Å²) >= 11 is 0. The van der Waals surface area contributed by atoms with E-state index in [0.29, 0.717) is 37.6 Å². The summed E-state index contributed by atoms with van der Waals surface area (Å²) in [6, 6.07) is 26.0. The van der Waals surface area contributed by atoms with Crippen LogP contribution in [0.1, 0.15) is 22.3 Å². The third-order valence-electron chi connectivity index (χ3n) is 7.07. The number of carboxylic acid groups (broad SMARTS) is 1. The van der Waals surface area contributed by atoms with Crippen molar-refractivity contribution in [1.29, 1.82) is 0 Å². The Hall–Kier alpha value is -4.60. The smallest absolute Gasteiger partial charge is 0.339 e. The zero-order chi connectivity index (χ0) is 29.3. The maximum absolute atomic E-state index is 13.0. The van der Waals surface area contributed by atoms with Gasteiger partial charge in [-0.05, 0) is 47.2 Å². The Bertz CT molecular complexity index is 1540. The predicted molar refractivity (Wildman–Crippen MR) is 160 cm³/mol. The topological polar surface area (TPSA) is 107 Å². The number of nitrogens with one attached hydrogen (secondary N) is 1. The quantitative estimate of drug-likeness (QED) is 0.218. The fourth-order valence-corrected chi connectivity index (χ4v) is 4.97. The van der Waals surface area contributed by atoms with Gasteiger partial charge in [0.1, 0.15) is 29.4 Å². The molecule has 1 saturated heterocycles. The molecule has 1 heterocycles. The average Bonchev–Trinajstić information content (AvgIpc) is 3.01. The van der Waals surface area contributed by atoms with Crippen molar-refractivity contribution in [2.45, 2.75) is 19.1 Å². The Labute approximate surface area is 244 Å². The molecule has 1 amide bonds. The molecule has 0 spiro atoms. The van der Waals surface area contributed by atoms with Crippen molar-refractivity contribution in [3.8, 4) is 17.2 Å². The summed E-state index contributed by atoms with van der Waals surface area (Å²) in [5, 5.41) is 15.2. The van der Waals surface area contributed by atoms with Gasteiger partial charge in [0.05, 0.1) is 39.5 Å². The SMILES string of the molecule is COc1ccccc1COCCCOc1ccc(N2C(=O)CNC[C@@H]2COc2ccc3ccccc3c2)cc1C(=O)O. The molecule has 1 fully saturated rings. The summed E-state index contributed by atoms with van der Waals surface area (Å²) in [6.07, 6.45) is 0.570. The second-order valence-electron chi connectivity index (χ2n) is 9.92. The van der Waals surface area contributed by atoms with Crippen LogP contribution in [0.5, 0.6) is 17.2 Å². The number of carboxylic acids is 1. The zero-order valence-corrected chi connectivity index (χ0v) is 23.5. The minimum absolute atomic E-state index is 0.0111. The largest absolute Gasteiger partial charge is 0.496 e. The van der Waals surface area contributed by atoms with E-state index in [0.717, 1.165) is 22.1 Å². The molecule has 0 unspecified atom stereocenters. The molecule has 0 aromatic heterocycles. The van der Waals surface area contributed by atoms with E-state index < -0.39 is 5.97 Å². The van der Waals surface area contributed by atoms with Gasteiger partial charge in [-0.2, -0.15) is 0 Å². The first-order chi connectivity index (χ1) is 20.5. The van der Waals surface area contributed by atoms with E-state index in [2.05, 4.69) is 5.32 Å². The van der Waals surface area contributed by atoms with E-state index in [9.17, 15) is 14.7 Å². The van der Waals surface area contributed by atoms with Crippen LogP contribution in [0.15, 0.2) is 84.9 Å². The molecule has 1 aliphatic heterocycles. The molecule has 0 saturated carbocycles. The number of anilines is 1.